The van der Waals surface area contributed by atoms with Gasteiger partial charge in [-0.3, -0.25) is 4.79 Å². The Morgan fingerprint density at radius 1 is 1.05 bits per heavy atom. The molecule has 0 aromatic carbocycles. The Morgan fingerprint density at radius 3 is 1.74 bits per heavy atom. The molecule has 1 rings (SSSR count). The predicted molar refractivity (Wildman–Crippen MR) is 73.4 cm³/mol. The molecule has 0 aliphatic carbocycles. The quantitative estimate of drug-likeness (QED) is 0.334. The van der Waals surface area contributed by atoms with Crippen LogP contribution in [-0.2, 0) is 14.3 Å². The molecular weight excluding hydrogens is 244 g/mol. The lowest BCUT2D eigenvalue weighted by Gasteiger charge is -2.31. The monoisotopic (exact) mass is 268 g/mol. The molecule has 1 aliphatic rings. The summed E-state index contributed by atoms with van der Waals surface area (Å²) in [5.41, 5.74) is 0.155. The molecule has 19 heavy (non-hydrogen) atoms. The van der Waals surface area contributed by atoms with Crippen LogP contribution in [-0.4, -0.2) is 53.8 Å². The molecule has 0 atom stereocenters. The molecule has 0 amide bonds. The molecule has 5 nitrogen and oxygen atoms in total. The normalized spacial score (nSPS) is 15.5. The van der Waals surface area contributed by atoms with Gasteiger partial charge in [-0.25, -0.2) is 4.79 Å². The zero-order chi connectivity index (χ0) is 14.7. The van der Waals surface area contributed by atoms with Crippen molar-refractivity contribution in [2.24, 2.45) is 0 Å². The van der Waals surface area contributed by atoms with E-state index in [1.807, 2.05) is 0 Å². The van der Waals surface area contributed by atoms with Crippen molar-refractivity contribution >= 4 is 11.8 Å². The third kappa shape index (κ3) is 3.08. The second-order valence-corrected chi connectivity index (χ2v) is 5.32. The fourth-order valence-corrected chi connectivity index (χ4v) is 2.38. The van der Waals surface area contributed by atoms with Gasteiger partial charge in [-0.15, -0.1) is 0 Å². The Hall–Kier alpha value is -1.52. The van der Waals surface area contributed by atoms with E-state index in [9.17, 15) is 9.59 Å². The summed E-state index contributed by atoms with van der Waals surface area (Å²) < 4.78 is 4.77. The summed E-state index contributed by atoms with van der Waals surface area (Å²) in [7, 11) is 1.31. The number of carbonyl (C=O) groups excluding carboxylic acids is 2. The van der Waals surface area contributed by atoms with E-state index in [-0.39, 0.29) is 23.4 Å². The zero-order valence-electron chi connectivity index (χ0n) is 12.7. The molecule has 0 radical (unpaired) electrons. The lowest BCUT2D eigenvalue weighted by atomic mass is 10.1. The van der Waals surface area contributed by atoms with Gasteiger partial charge in [-0.05, 0) is 34.6 Å². The van der Waals surface area contributed by atoms with Gasteiger partial charge in [0.05, 0.1) is 7.11 Å². The molecule has 0 aromatic rings. The van der Waals surface area contributed by atoms with Crippen LogP contribution in [0.4, 0.5) is 0 Å². The summed E-state index contributed by atoms with van der Waals surface area (Å²) in [5.74, 6) is -0.0925. The molecule has 0 unspecified atom stereocenters. The zero-order valence-corrected chi connectivity index (χ0v) is 12.7. The van der Waals surface area contributed by atoms with Crippen LogP contribution in [0, 0.1) is 0 Å². The van der Waals surface area contributed by atoms with Crippen LogP contribution < -0.4 is 0 Å². The van der Waals surface area contributed by atoms with Crippen molar-refractivity contribution in [2.75, 3.05) is 20.2 Å². The predicted octanol–water partition coefficient (Wildman–Crippen LogP) is 1.39. The van der Waals surface area contributed by atoms with Crippen molar-refractivity contribution in [2.45, 2.75) is 46.7 Å². The summed E-state index contributed by atoms with van der Waals surface area (Å²) in [5, 5.41) is 0. The summed E-state index contributed by atoms with van der Waals surface area (Å²) in [6, 6.07) is 0.468. The minimum atomic E-state index is -0.555. The maximum Gasteiger partial charge on any atom is 0.345 e. The number of Topliss-reactive ketones (excluding diaryl/α,β-unsaturated/α-hetero) is 1. The van der Waals surface area contributed by atoms with Crippen LogP contribution >= 0.6 is 0 Å². The Bertz CT molecular complexity index is 381. The van der Waals surface area contributed by atoms with E-state index in [4.69, 9.17) is 4.74 Å². The Morgan fingerprint density at radius 2 is 1.47 bits per heavy atom. The van der Waals surface area contributed by atoms with Gasteiger partial charge in [0, 0.05) is 25.2 Å². The topological polar surface area (TPSA) is 49.9 Å². The molecule has 5 heteroatoms. The van der Waals surface area contributed by atoms with Gasteiger partial charge in [-0.1, -0.05) is 0 Å². The van der Waals surface area contributed by atoms with Crippen LogP contribution in [0.3, 0.4) is 0 Å². The summed E-state index contributed by atoms with van der Waals surface area (Å²) >= 11 is 0. The maximum atomic E-state index is 11.9. The lowest BCUT2D eigenvalue weighted by Crippen LogP contribution is -2.36. The molecule has 1 heterocycles. The van der Waals surface area contributed by atoms with E-state index in [1.165, 1.54) is 14.0 Å². The standard InChI is InChI=1S/C14H24N2O3/c1-9(2)15-7-8-16(10(3)4)13(15)12(11(5)17)14(18)19-6/h9-10H,7-8H2,1-6H3. The van der Waals surface area contributed by atoms with E-state index in [1.54, 1.807) is 0 Å². The van der Waals surface area contributed by atoms with E-state index in [2.05, 4.69) is 37.5 Å². The fourth-order valence-electron chi connectivity index (χ4n) is 2.38. The van der Waals surface area contributed by atoms with Crippen LogP contribution in [0.1, 0.15) is 34.6 Å². The molecule has 0 N–H and O–H groups in total. The van der Waals surface area contributed by atoms with Crippen molar-refractivity contribution in [3.63, 3.8) is 0 Å². The third-order valence-corrected chi connectivity index (χ3v) is 3.34. The van der Waals surface area contributed by atoms with Crippen LogP contribution in [0.5, 0.6) is 0 Å². The van der Waals surface area contributed by atoms with E-state index >= 15 is 0 Å². The number of esters is 1. The third-order valence-electron chi connectivity index (χ3n) is 3.34. The molecule has 0 spiro atoms. The Labute approximate surface area is 115 Å². The number of nitrogens with zero attached hydrogens (tertiary/aromatic N) is 2. The number of rotatable bonds is 4. The van der Waals surface area contributed by atoms with Crippen molar-refractivity contribution in [1.29, 1.82) is 0 Å². The largest absolute Gasteiger partial charge is 0.465 e. The van der Waals surface area contributed by atoms with Gasteiger partial charge in [-0.2, -0.15) is 0 Å². The highest BCUT2D eigenvalue weighted by atomic mass is 16.5. The number of ether oxygens (including phenoxy) is 1. The minimum Gasteiger partial charge on any atom is -0.465 e. The first-order chi connectivity index (χ1) is 8.81. The Balaban J connectivity index is 3.38. The molecule has 0 aromatic heterocycles. The number of hydrogen-bond acceptors (Lipinski definition) is 5. The van der Waals surface area contributed by atoms with Crippen molar-refractivity contribution in [3.8, 4) is 0 Å². The highest BCUT2D eigenvalue weighted by Crippen LogP contribution is 2.27. The smallest absolute Gasteiger partial charge is 0.345 e. The SMILES string of the molecule is COC(=O)C(C(C)=O)=C1N(C(C)C)CCN1C(C)C. The van der Waals surface area contributed by atoms with E-state index < -0.39 is 5.97 Å². The Kier molecular flexibility index (Phi) is 4.97. The maximum absolute atomic E-state index is 11.9. The van der Waals surface area contributed by atoms with Crippen molar-refractivity contribution in [3.05, 3.63) is 11.4 Å². The second-order valence-electron chi connectivity index (χ2n) is 5.32. The van der Waals surface area contributed by atoms with Crippen LogP contribution in [0.2, 0.25) is 0 Å². The molecule has 1 saturated heterocycles. The number of methoxy groups -OCH3 is 1. The first-order valence-electron chi connectivity index (χ1n) is 6.68. The average Bonchev–Trinajstić information content (AvgIpc) is 2.73. The van der Waals surface area contributed by atoms with Gasteiger partial charge < -0.3 is 14.5 Å². The number of hydrogen-bond donors (Lipinski definition) is 0. The lowest BCUT2D eigenvalue weighted by molar-refractivity contribution is -0.137. The van der Waals surface area contributed by atoms with Gasteiger partial charge in [0.25, 0.3) is 0 Å². The first-order valence-corrected chi connectivity index (χ1v) is 6.68. The van der Waals surface area contributed by atoms with Crippen LogP contribution in [0.25, 0.3) is 0 Å². The van der Waals surface area contributed by atoms with Gasteiger partial charge in [0.2, 0.25) is 0 Å². The van der Waals surface area contributed by atoms with Crippen molar-refractivity contribution in [1.82, 2.24) is 9.80 Å². The molecule has 1 aliphatic heterocycles. The molecular formula is C14H24N2O3. The van der Waals surface area contributed by atoms with Gasteiger partial charge >= 0.3 is 5.97 Å². The average molecular weight is 268 g/mol. The van der Waals surface area contributed by atoms with Crippen LogP contribution in [0.15, 0.2) is 11.4 Å². The van der Waals surface area contributed by atoms with E-state index in [0.29, 0.717) is 5.82 Å². The molecule has 1 fully saturated rings. The van der Waals surface area contributed by atoms with E-state index in [0.717, 1.165) is 13.1 Å². The van der Waals surface area contributed by atoms with Gasteiger partial charge in [0.15, 0.2) is 5.78 Å². The molecule has 0 saturated carbocycles. The first kappa shape index (κ1) is 15.5. The molecule has 108 valence electrons. The fraction of sp³-hybridized carbons (Fsp3) is 0.714. The summed E-state index contributed by atoms with van der Waals surface area (Å²) in [4.78, 5) is 28.0. The number of ketones is 1. The highest BCUT2D eigenvalue weighted by Gasteiger charge is 2.35. The highest BCUT2D eigenvalue weighted by molar-refractivity contribution is 6.16. The second kappa shape index (κ2) is 6.08. The van der Waals surface area contributed by atoms with Gasteiger partial charge in [0.1, 0.15) is 11.4 Å². The summed E-state index contributed by atoms with van der Waals surface area (Å²) in [6.07, 6.45) is 0. The van der Waals surface area contributed by atoms with Crippen molar-refractivity contribution < 1.29 is 14.3 Å². The summed E-state index contributed by atoms with van der Waals surface area (Å²) in [6.45, 7) is 11.3. The minimum absolute atomic E-state index is 0.155. The molecule has 0 bridgehead atoms. The number of carbonyl (C=O) groups is 2.